The first-order chi connectivity index (χ1) is 9.06. The van der Waals surface area contributed by atoms with Crippen LogP contribution in [-0.4, -0.2) is 18.6 Å². The van der Waals surface area contributed by atoms with Crippen molar-refractivity contribution in [3.63, 3.8) is 0 Å². The van der Waals surface area contributed by atoms with Gasteiger partial charge in [-0.05, 0) is 76.1 Å². The van der Waals surface area contributed by atoms with Gasteiger partial charge >= 0.3 is 0 Å². The fraction of sp³-hybridized carbons (Fsp3) is 0.647. The molecule has 2 heteroatoms. The predicted octanol–water partition coefficient (Wildman–Crippen LogP) is 3.01. The van der Waals surface area contributed by atoms with Crippen LogP contribution in [-0.2, 0) is 6.42 Å². The second-order valence-electron chi connectivity index (χ2n) is 6.19. The van der Waals surface area contributed by atoms with Crippen LogP contribution in [0.4, 0.5) is 0 Å². The molecule has 0 unspecified atom stereocenters. The highest BCUT2D eigenvalue weighted by Crippen LogP contribution is 2.18. The molecule has 0 spiro atoms. The van der Waals surface area contributed by atoms with Crippen LogP contribution >= 0.6 is 0 Å². The average molecular weight is 260 g/mol. The summed E-state index contributed by atoms with van der Waals surface area (Å²) in [5.74, 6) is 0. The molecule has 0 radical (unpaired) electrons. The van der Waals surface area contributed by atoms with Crippen molar-refractivity contribution in [2.75, 3.05) is 6.54 Å². The molecular weight excluding hydrogens is 232 g/mol. The van der Waals surface area contributed by atoms with Gasteiger partial charge in [0, 0.05) is 12.1 Å². The maximum atomic E-state index is 5.94. The Balaban J connectivity index is 1.83. The summed E-state index contributed by atoms with van der Waals surface area (Å²) in [6, 6.07) is 5.72. The SMILES string of the molecule is Cc1cc(C)c(CCNC2CCC(N)CC2)c(C)c1. The van der Waals surface area contributed by atoms with E-state index in [1.54, 1.807) is 0 Å². The molecule has 0 heterocycles. The van der Waals surface area contributed by atoms with Crippen molar-refractivity contribution in [1.29, 1.82) is 0 Å². The minimum absolute atomic E-state index is 0.444. The highest BCUT2D eigenvalue weighted by molar-refractivity contribution is 5.37. The number of hydrogen-bond donors (Lipinski definition) is 2. The summed E-state index contributed by atoms with van der Waals surface area (Å²) in [7, 11) is 0. The molecule has 0 aliphatic heterocycles. The Kier molecular flexibility index (Phi) is 5.00. The Labute approximate surface area is 117 Å². The van der Waals surface area contributed by atoms with E-state index in [0.29, 0.717) is 12.1 Å². The standard InChI is InChI=1S/C17H28N2/c1-12-10-13(2)17(14(3)11-12)8-9-19-16-6-4-15(18)5-7-16/h10-11,15-16,19H,4-9,18H2,1-3H3. The Bertz CT molecular complexity index is 394. The summed E-state index contributed by atoms with van der Waals surface area (Å²) >= 11 is 0. The van der Waals surface area contributed by atoms with Crippen LogP contribution < -0.4 is 11.1 Å². The van der Waals surface area contributed by atoms with E-state index in [0.717, 1.165) is 13.0 Å². The topological polar surface area (TPSA) is 38.0 Å². The van der Waals surface area contributed by atoms with Crippen molar-refractivity contribution in [3.05, 3.63) is 34.4 Å². The van der Waals surface area contributed by atoms with Gasteiger partial charge in [0.2, 0.25) is 0 Å². The van der Waals surface area contributed by atoms with Gasteiger partial charge < -0.3 is 11.1 Å². The van der Waals surface area contributed by atoms with E-state index in [-0.39, 0.29) is 0 Å². The number of benzene rings is 1. The number of aryl methyl sites for hydroxylation is 3. The summed E-state index contributed by atoms with van der Waals surface area (Å²) in [4.78, 5) is 0. The van der Waals surface area contributed by atoms with E-state index < -0.39 is 0 Å². The Morgan fingerprint density at radius 2 is 1.63 bits per heavy atom. The summed E-state index contributed by atoms with van der Waals surface area (Å²) in [5.41, 5.74) is 11.7. The third-order valence-corrected chi connectivity index (χ3v) is 4.42. The van der Waals surface area contributed by atoms with Crippen molar-refractivity contribution < 1.29 is 0 Å². The van der Waals surface area contributed by atoms with Crippen LogP contribution in [0.3, 0.4) is 0 Å². The van der Waals surface area contributed by atoms with Crippen molar-refractivity contribution in [1.82, 2.24) is 5.32 Å². The molecule has 2 rings (SSSR count). The zero-order chi connectivity index (χ0) is 13.8. The maximum absolute atomic E-state index is 5.94. The largest absolute Gasteiger partial charge is 0.328 e. The predicted molar refractivity (Wildman–Crippen MR) is 82.6 cm³/mol. The van der Waals surface area contributed by atoms with Gasteiger partial charge in [-0.25, -0.2) is 0 Å². The van der Waals surface area contributed by atoms with Crippen LogP contribution in [0, 0.1) is 20.8 Å². The van der Waals surface area contributed by atoms with E-state index in [4.69, 9.17) is 5.73 Å². The number of nitrogens with one attached hydrogen (secondary N) is 1. The van der Waals surface area contributed by atoms with Gasteiger partial charge in [0.15, 0.2) is 0 Å². The molecule has 0 amide bonds. The molecule has 1 aromatic carbocycles. The summed E-state index contributed by atoms with van der Waals surface area (Å²) < 4.78 is 0. The molecule has 0 aromatic heterocycles. The minimum atomic E-state index is 0.444. The maximum Gasteiger partial charge on any atom is 0.00683 e. The minimum Gasteiger partial charge on any atom is -0.328 e. The molecule has 2 nitrogen and oxygen atoms in total. The highest BCUT2D eigenvalue weighted by Gasteiger charge is 2.17. The van der Waals surface area contributed by atoms with E-state index in [1.807, 2.05) is 0 Å². The monoisotopic (exact) mass is 260 g/mol. The highest BCUT2D eigenvalue weighted by atomic mass is 14.9. The normalized spacial score (nSPS) is 23.6. The Hall–Kier alpha value is -0.860. The average Bonchev–Trinajstić information content (AvgIpc) is 2.34. The van der Waals surface area contributed by atoms with Crippen molar-refractivity contribution in [2.24, 2.45) is 5.73 Å². The lowest BCUT2D eigenvalue weighted by Gasteiger charge is -2.27. The zero-order valence-electron chi connectivity index (χ0n) is 12.6. The molecule has 106 valence electrons. The molecule has 1 aliphatic carbocycles. The fourth-order valence-electron chi connectivity index (χ4n) is 3.33. The van der Waals surface area contributed by atoms with E-state index in [9.17, 15) is 0 Å². The van der Waals surface area contributed by atoms with Gasteiger partial charge in [-0.3, -0.25) is 0 Å². The first kappa shape index (κ1) is 14.5. The molecule has 0 atom stereocenters. The lowest BCUT2D eigenvalue weighted by Crippen LogP contribution is -2.38. The van der Waals surface area contributed by atoms with Crippen LogP contribution in [0.15, 0.2) is 12.1 Å². The van der Waals surface area contributed by atoms with Gasteiger partial charge in [-0.2, -0.15) is 0 Å². The van der Waals surface area contributed by atoms with Gasteiger partial charge in [-0.1, -0.05) is 17.7 Å². The second kappa shape index (κ2) is 6.53. The molecule has 3 N–H and O–H groups in total. The van der Waals surface area contributed by atoms with Crippen LogP contribution in [0.25, 0.3) is 0 Å². The van der Waals surface area contributed by atoms with Crippen molar-refractivity contribution in [2.45, 2.75) is 65.0 Å². The Morgan fingerprint density at radius 3 is 2.21 bits per heavy atom. The van der Waals surface area contributed by atoms with Crippen molar-refractivity contribution >= 4 is 0 Å². The van der Waals surface area contributed by atoms with E-state index in [2.05, 4.69) is 38.2 Å². The summed E-state index contributed by atoms with van der Waals surface area (Å²) in [6.07, 6.45) is 5.99. The molecule has 19 heavy (non-hydrogen) atoms. The number of rotatable bonds is 4. The molecule has 0 saturated heterocycles. The quantitative estimate of drug-likeness (QED) is 0.873. The van der Waals surface area contributed by atoms with E-state index >= 15 is 0 Å². The molecule has 1 fully saturated rings. The van der Waals surface area contributed by atoms with Gasteiger partial charge in [-0.15, -0.1) is 0 Å². The number of hydrogen-bond acceptors (Lipinski definition) is 2. The number of nitrogens with two attached hydrogens (primary N) is 1. The molecule has 1 aromatic rings. The summed E-state index contributed by atoms with van der Waals surface area (Å²) in [6.45, 7) is 7.72. The van der Waals surface area contributed by atoms with E-state index in [1.165, 1.54) is 47.9 Å². The third-order valence-electron chi connectivity index (χ3n) is 4.42. The Morgan fingerprint density at radius 1 is 1.05 bits per heavy atom. The van der Waals surface area contributed by atoms with Crippen LogP contribution in [0.2, 0.25) is 0 Å². The molecule has 0 bridgehead atoms. The molecular formula is C17H28N2. The fourth-order valence-corrected chi connectivity index (χ4v) is 3.33. The lowest BCUT2D eigenvalue weighted by atomic mass is 9.91. The smallest absolute Gasteiger partial charge is 0.00683 e. The lowest BCUT2D eigenvalue weighted by molar-refractivity contribution is 0.344. The zero-order valence-corrected chi connectivity index (χ0v) is 12.6. The summed E-state index contributed by atoms with van der Waals surface area (Å²) in [5, 5.41) is 3.70. The molecule has 1 saturated carbocycles. The first-order valence-electron chi connectivity index (χ1n) is 7.62. The first-order valence-corrected chi connectivity index (χ1v) is 7.62. The van der Waals surface area contributed by atoms with Gasteiger partial charge in [0.05, 0.1) is 0 Å². The van der Waals surface area contributed by atoms with Crippen LogP contribution in [0.1, 0.15) is 47.9 Å². The third kappa shape index (κ3) is 4.05. The van der Waals surface area contributed by atoms with Gasteiger partial charge in [0.1, 0.15) is 0 Å². The van der Waals surface area contributed by atoms with Gasteiger partial charge in [0.25, 0.3) is 0 Å². The second-order valence-corrected chi connectivity index (χ2v) is 6.19. The van der Waals surface area contributed by atoms with Crippen LogP contribution in [0.5, 0.6) is 0 Å². The molecule has 1 aliphatic rings. The van der Waals surface area contributed by atoms with Crippen molar-refractivity contribution in [3.8, 4) is 0 Å².